The van der Waals surface area contributed by atoms with E-state index in [4.69, 9.17) is 14.2 Å². The Hall–Kier alpha value is -5.49. The first-order valence-electron chi connectivity index (χ1n) is 33.3. The van der Waals surface area contributed by atoms with Gasteiger partial charge in [0.15, 0.2) is 6.10 Å². The SMILES string of the molecule is CC/C=C\C/C=C\C/C=C\C/C=C\C/C=C\CCCCCCCCCC(=O)OCC(COC(=O)CCCCC/C=C\C/C=C\C/C=C\C/C=C\C/C=C\CC)OC(=O)CCCCCCCCC/C=C\C/C=C\C/C=C\C/C=C\C/C=C\CC. The predicted molar refractivity (Wildman–Crippen MR) is 361 cm³/mol. The zero-order chi connectivity index (χ0) is 59.9. The second-order valence-electron chi connectivity index (χ2n) is 21.2. The fourth-order valence-electron chi connectivity index (χ4n) is 8.52. The van der Waals surface area contributed by atoms with Crippen molar-refractivity contribution >= 4 is 17.9 Å². The number of ether oxygens (including phenoxy) is 3. The fourth-order valence-corrected chi connectivity index (χ4v) is 8.52. The van der Waals surface area contributed by atoms with Crippen molar-refractivity contribution in [2.45, 2.75) is 271 Å². The highest BCUT2D eigenvalue weighted by Crippen LogP contribution is 2.14. The van der Waals surface area contributed by atoms with Crippen LogP contribution in [0.4, 0.5) is 0 Å². The molecule has 0 fully saturated rings. The van der Waals surface area contributed by atoms with Gasteiger partial charge in [-0.2, -0.15) is 0 Å². The monoisotopic (exact) mass is 1140 g/mol. The van der Waals surface area contributed by atoms with Crippen LogP contribution in [0, 0.1) is 0 Å². The van der Waals surface area contributed by atoms with Crippen LogP contribution < -0.4 is 0 Å². The highest BCUT2D eigenvalue weighted by Gasteiger charge is 2.19. The largest absolute Gasteiger partial charge is 0.462 e. The second-order valence-corrected chi connectivity index (χ2v) is 21.2. The van der Waals surface area contributed by atoms with Gasteiger partial charge in [0.2, 0.25) is 0 Å². The minimum absolute atomic E-state index is 0.109. The van der Waals surface area contributed by atoms with Crippen LogP contribution in [-0.4, -0.2) is 37.2 Å². The predicted octanol–water partition coefficient (Wildman–Crippen LogP) is 23.2. The van der Waals surface area contributed by atoms with Crippen LogP contribution in [0.1, 0.15) is 265 Å². The van der Waals surface area contributed by atoms with Gasteiger partial charge in [-0.3, -0.25) is 14.4 Å². The van der Waals surface area contributed by atoms with Crippen LogP contribution in [0.15, 0.2) is 182 Å². The van der Waals surface area contributed by atoms with Crippen molar-refractivity contribution in [1.29, 1.82) is 0 Å². The lowest BCUT2D eigenvalue weighted by molar-refractivity contribution is -0.167. The quantitative estimate of drug-likeness (QED) is 0.0261. The van der Waals surface area contributed by atoms with Crippen molar-refractivity contribution in [2.24, 2.45) is 0 Å². The van der Waals surface area contributed by atoms with Crippen molar-refractivity contribution in [2.75, 3.05) is 13.2 Å². The van der Waals surface area contributed by atoms with Gasteiger partial charge in [0.1, 0.15) is 13.2 Å². The van der Waals surface area contributed by atoms with E-state index < -0.39 is 6.10 Å². The van der Waals surface area contributed by atoms with Crippen LogP contribution in [-0.2, 0) is 28.6 Å². The molecule has 0 spiro atoms. The van der Waals surface area contributed by atoms with Gasteiger partial charge >= 0.3 is 17.9 Å². The zero-order valence-corrected chi connectivity index (χ0v) is 53.1. The van der Waals surface area contributed by atoms with E-state index in [0.29, 0.717) is 19.3 Å². The van der Waals surface area contributed by atoms with Crippen LogP contribution >= 0.6 is 0 Å². The third kappa shape index (κ3) is 67.2. The lowest BCUT2D eigenvalue weighted by atomic mass is 10.1. The van der Waals surface area contributed by atoms with Crippen molar-refractivity contribution in [3.8, 4) is 0 Å². The summed E-state index contributed by atoms with van der Waals surface area (Å²) in [5.41, 5.74) is 0. The normalized spacial score (nSPS) is 13.3. The summed E-state index contributed by atoms with van der Waals surface area (Å²) in [7, 11) is 0. The van der Waals surface area contributed by atoms with Crippen molar-refractivity contribution < 1.29 is 28.6 Å². The van der Waals surface area contributed by atoms with Crippen molar-refractivity contribution in [3.05, 3.63) is 182 Å². The molecule has 1 unspecified atom stereocenters. The maximum absolute atomic E-state index is 13.0. The first-order valence-corrected chi connectivity index (χ1v) is 33.3. The van der Waals surface area contributed by atoms with Gasteiger partial charge in [-0.25, -0.2) is 0 Å². The average molecular weight is 1140 g/mol. The number of carbonyl (C=O) groups excluding carboxylic acids is 3. The van der Waals surface area contributed by atoms with E-state index in [1.54, 1.807) is 0 Å². The maximum Gasteiger partial charge on any atom is 0.306 e. The van der Waals surface area contributed by atoms with Gasteiger partial charge in [0.25, 0.3) is 0 Å². The molecule has 0 rings (SSSR count). The Labute approximate surface area is 510 Å². The Balaban J connectivity index is 4.53. The van der Waals surface area contributed by atoms with Crippen LogP contribution in [0.25, 0.3) is 0 Å². The van der Waals surface area contributed by atoms with Gasteiger partial charge in [0.05, 0.1) is 0 Å². The second kappa shape index (κ2) is 69.0. The molecule has 0 aliphatic rings. The van der Waals surface area contributed by atoms with E-state index >= 15 is 0 Å². The van der Waals surface area contributed by atoms with Gasteiger partial charge < -0.3 is 14.2 Å². The standard InChI is InChI=1S/C77H120O6/c1-4-7-10-13-16-19-22-25-28-31-34-36-38-40-43-46-49-52-55-58-61-64-67-70-76(79)82-73-74(72-81-75(78)69-66-63-60-57-54-51-48-45-42-33-30-27-24-21-18-15-12-9-6-3)83-77(80)71-68-65-62-59-56-53-50-47-44-41-39-37-35-32-29-26-23-20-17-14-11-8-5-2/h7-12,16-21,25-30,34-37,40-45,51,54,74H,4-6,13-15,22-24,31-33,38-39,46-50,52-53,55-73H2,1-3H3/b10-7-,11-8-,12-9-,19-16-,20-17-,21-18-,28-25-,29-26-,30-27-,36-34-,37-35-,43-40-,44-41-,45-42-,54-51-. The molecule has 464 valence electrons. The van der Waals surface area contributed by atoms with Crippen LogP contribution in [0.5, 0.6) is 0 Å². The molecule has 0 saturated carbocycles. The summed E-state index contributed by atoms with van der Waals surface area (Å²) in [6, 6.07) is 0. The molecular formula is C77H120O6. The zero-order valence-electron chi connectivity index (χ0n) is 53.1. The molecule has 0 aliphatic carbocycles. The summed E-state index contributed by atoms with van der Waals surface area (Å²) in [5, 5.41) is 0. The molecule has 0 bridgehead atoms. The summed E-state index contributed by atoms with van der Waals surface area (Å²) in [6.07, 6.45) is 103. The van der Waals surface area contributed by atoms with Gasteiger partial charge in [-0.15, -0.1) is 0 Å². The fraction of sp³-hybridized carbons (Fsp3) is 0.571. The highest BCUT2D eigenvalue weighted by atomic mass is 16.6. The molecule has 0 amide bonds. The summed E-state index contributed by atoms with van der Waals surface area (Å²) in [5.74, 6) is -0.967. The van der Waals surface area contributed by atoms with E-state index in [2.05, 4.69) is 203 Å². The Morgan fingerprint density at radius 1 is 0.241 bits per heavy atom. The summed E-state index contributed by atoms with van der Waals surface area (Å²) >= 11 is 0. The van der Waals surface area contributed by atoms with Crippen molar-refractivity contribution in [3.63, 3.8) is 0 Å². The van der Waals surface area contributed by atoms with Gasteiger partial charge in [-0.05, 0) is 154 Å². The molecule has 6 nitrogen and oxygen atoms in total. The Bertz CT molecular complexity index is 1940. The maximum atomic E-state index is 13.0. The Morgan fingerprint density at radius 2 is 0.434 bits per heavy atom. The lowest BCUT2D eigenvalue weighted by Crippen LogP contribution is -2.30. The first kappa shape index (κ1) is 77.5. The highest BCUT2D eigenvalue weighted by molar-refractivity contribution is 5.71. The number of allylic oxidation sites excluding steroid dienone is 30. The van der Waals surface area contributed by atoms with Crippen LogP contribution in [0.3, 0.4) is 0 Å². The van der Waals surface area contributed by atoms with Crippen LogP contribution in [0.2, 0.25) is 0 Å². The number of carbonyl (C=O) groups is 3. The summed E-state index contributed by atoms with van der Waals surface area (Å²) < 4.78 is 16.9. The summed E-state index contributed by atoms with van der Waals surface area (Å²) in [6.45, 7) is 6.25. The molecule has 0 aromatic rings. The van der Waals surface area contributed by atoms with E-state index in [9.17, 15) is 14.4 Å². The van der Waals surface area contributed by atoms with Crippen molar-refractivity contribution in [1.82, 2.24) is 0 Å². The average Bonchev–Trinajstić information content (AvgIpc) is 3.49. The van der Waals surface area contributed by atoms with E-state index in [-0.39, 0.29) is 31.1 Å². The van der Waals surface area contributed by atoms with E-state index in [0.717, 1.165) is 180 Å². The molecule has 83 heavy (non-hydrogen) atoms. The van der Waals surface area contributed by atoms with Gasteiger partial charge in [0, 0.05) is 19.3 Å². The third-order valence-electron chi connectivity index (χ3n) is 13.4. The Kier molecular flexibility index (Phi) is 64.4. The molecule has 6 heteroatoms. The molecule has 1 atom stereocenters. The minimum atomic E-state index is -0.816. The number of hydrogen-bond donors (Lipinski definition) is 0. The molecule has 0 aromatic heterocycles. The molecule has 0 saturated heterocycles. The molecule has 0 heterocycles. The molecule has 0 aromatic carbocycles. The van der Waals surface area contributed by atoms with Gasteiger partial charge in [-0.1, -0.05) is 274 Å². The molecule has 0 aliphatic heterocycles. The number of esters is 3. The minimum Gasteiger partial charge on any atom is -0.462 e. The lowest BCUT2D eigenvalue weighted by Gasteiger charge is -2.18. The Morgan fingerprint density at radius 3 is 0.687 bits per heavy atom. The number of unbranched alkanes of at least 4 members (excludes halogenated alkanes) is 17. The summed E-state index contributed by atoms with van der Waals surface area (Å²) in [4.78, 5) is 38.5. The first-order chi connectivity index (χ1) is 41.0. The third-order valence-corrected chi connectivity index (χ3v) is 13.4. The molecule has 0 radical (unpaired) electrons. The van der Waals surface area contributed by atoms with E-state index in [1.807, 2.05) is 0 Å². The molecular weight excluding hydrogens is 1020 g/mol. The molecule has 0 N–H and O–H groups in total. The number of rotatable bonds is 58. The van der Waals surface area contributed by atoms with E-state index in [1.165, 1.54) is 44.9 Å². The number of hydrogen-bond acceptors (Lipinski definition) is 6. The topological polar surface area (TPSA) is 78.9 Å². The smallest absolute Gasteiger partial charge is 0.306 e.